The number of furan rings is 1. The first-order chi connectivity index (χ1) is 19.5. The number of carbonyl (C=O) groups is 2. The molecule has 2 heterocycles. The van der Waals surface area contributed by atoms with Gasteiger partial charge in [-0.3, -0.25) is 4.79 Å². The fourth-order valence-electron chi connectivity index (χ4n) is 4.11. The molecule has 0 aliphatic heterocycles. The maximum absolute atomic E-state index is 13.3. The molecule has 5 rings (SSSR count). The number of aromatic nitrogens is 2. The number of rotatable bonds is 9. The van der Waals surface area contributed by atoms with E-state index in [0.29, 0.717) is 28.3 Å². The van der Waals surface area contributed by atoms with Crippen LogP contribution in [0.3, 0.4) is 0 Å². The van der Waals surface area contributed by atoms with Gasteiger partial charge in [0, 0.05) is 35.5 Å². The summed E-state index contributed by atoms with van der Waals surface area (Å²) in [5, 5.41) is 14.6. The Hall–Kier alpha value is -5.49. The molecule has 9 heteroatoms. The normalized spacial score (nSPS) is 11.0. The van der Waals surface area contributed by atoms with E-state index in [2.05, 4.69) is 0 Å². The van der Waals surface area contributed by atoms with E-state index in [-0.39, 0.29) is 13.0 Å². The molecule has 0 spiro atoms. The molecule has 0 atom stereocenters. The first-order valence-corrected chi connectivity index (χ1v) is 12.4. The molecule has 0 saturated carbocycles. The second-order valence-corrected chi connectivity index (χ2v) is 8.73. The van der Waals surface area contributed by atoms with Crippen LogP contribution < -0.4 is 4.90 Å². The zero-order valence-electron chi connectivity index (χ0n) is 21.2. The van der Waals surface area contributed by atoms with Crippen LogP contribution in [0.15, 0.2) is 102 Å². The highest BCUT2D eigenvalue weighted by Gasteiger charge is 2.18. The third-order valence-corrected chi connectivity index (χ3v) is 6.05. The Labute approximate surface area is 229 Å². The van der Waals surface area contributed by atoms with Gasteiger partial charge < -0.3 is 14.1 Å². The van der Waals surface area contributed by atoms with Crippen LogP contribution in [0.2, 0.25) is 0 Å². The smallest absolute Gasteiger partial charge is 0.331 e. The zero-order chi connectivity index (χ0) is 27.9. The lowest BCUT2D eigenvalue weighted by Gasteiger charge is -2.21. The summed E-state index contributed by atoms with van der Waals surface area (Å²) < 4.78 is 26.2. The molecular formula is C31H23FN4O4. The second kappa shape index (κ2) is 11.9. The van der Waals surface area contributed by atoms with Gasteiger partial charge >= 0.3 is 5.97 Å². The van der Waals surface area contributed by atoms with Gasteiger partial charge in [0.15, 0.2) is 12.4 Å². The number of nitrogens with zero attached hydrogens (tertiary/aromatic N) is 4. The van der Waals surface area contributed by atoms with Gasteiger partial charge in [-0.15, -0.1) is 0 Å². The van der Waals surface area contributed by atoms with Crippen molar-refractivity contribution in [1.29, 1.82) is 5.26 Å². The molecule has 1 amide bonds. The number of amides is 1. The summed E-state index contributed by atoms with van der Waals surface area (Å²) in [6, 6.07) is 26.2. The number of nitriles is 1. The highest BCUT2D eigenvalue weighted by molar-refractivity contribution is 5.96. The molecule has 0 unspecified atom stereocenters. The minimum absolute atomic E-state index is 0.0624. The number of carbonyl (C=O) groups excluding carboxylic acids is 2. The van der Waals surface area contributed by atoms with E-state index in [9.17, 15) is 14.0 Å². The molecule has 2 aromatic heterocycles. The number of anilines is 1. The molecule has 198 valence electrons. The van der Waals surface area contributed by atoms with Gasteiger partial charge in [0.05, 0.1) is 18.2 Å². The van der Waals surface area contributed by atoms with Crippen LogP contribution in [0.25, 0.3) is 34.2 Å². The highest BCUT2D eigenvalue weighted by Crippen LogP contribution is 2.30. The number of halogens is 1. The Morgan fingerprint density at radius 2 is 1.80 bits per heavy atom. The van der Waals surface area contributed by atoms with Gasteiger partial charge in [-0.2, -0.15) is 10.4 Å². The lowest BCUT2D eigenvalue weighted by molar-refractivity contribution is -0.142. The SMILES string of the molecule is N#CCCN(C(=O)COC(=O)/C=C/c1cn(-c2ccccc2)nc1-c1cc2ccccc2o1)c1ccc(F)cc1. The molecule has 40 heavy (non-hydrogen) atoms. The highest BCUT2D eigenvalue weighted by atomic mass is 19.1. The molecule has 0 aliphatic rings. The van der Waals surface area contributed by atoms with Crippen LogP contribution >= 0.6 is 0 Å². The number of para-hydroxylation sites is 2. The number of ether oxygens (including phenoxy) is 1. The molecule has 0 radical (unpaired) electrons. The summed E-state index contributed by atoms with van der Waals surface area (Å²) in [6.07, 6.45) is 4.59. The number of hydrogen-bond acceptors (Lipinski definition) is 6. The predicted octanol–water partition coefficient (Wildman–Crippen LogP) is 5.93. The molecule has 0 fully saturated rings. The largest absolute Gasteiger partial charge is 0.454 e. The van der Waals surface area contributed by atoms with Crippen molar-refractivity contribution in [2.24, 2.45) is 0 Å². The number of fused-ring (bicyclic) bond motifs is 1. The van der Waals surface area contributed by atoms with E-state index < -0.39 is 24.3 Å². The molecular weight excluding hydrogens is 511 g/mol. The van der Waals surface area contributed by atoms with E-state index in [0.717, 1.165) is 11.1 Å². The van der Waals surface area contributed by atoms with Gasteiger partial charge in [-0.05, 0) is 54.6 Å². The van der Waals surface area contributed by atoms with E-state index in [1.54, 1.807) is 17.0 Å². The van der Waals surface area contributed by atoms with Crippen LogP contribution in [-0.2, 0) is 14.3 Å². The monoisotopic (exact) mass is 534 g/mol. The van der Waals surface area contributed by atoms with Crippen LogP contribution in [0.4, 0.5) is 10.1 Å². The van der Waals surface area contributed by atoms with Gasteiger partial charge in [0.1, 0.15) is 17.1 Å². The molecule has 3 aromatic carbocycles. The van der Waals surface area contributed by atoms with Gasteiger partial charge in [-0.25, -0.2) is 13.9 Å². The maximum atomic E-state index is 13.3. The molecule has 8 nitrogen and oxygen atoms in total. The van der Waals surface area contributed by atoms with Crippen molar-refractivity contribution in [3.63, 3.8) is 0 Å². The Kier molecular flexibility index (Phi) is 7.79. The summed E-state index contributed by atoms with van der Waals surface area (Å²) in [4.78, 5) is 26.6. The van der Waals surface area contributed by atoms with Crippen LogP contribution in [0, 0.1) is 17.1 Å². The summed E-state index contributed by atoms with van der Waals surface area (Å²) in [6.45, 7) is -0.473. The second-order valence-electron chi connectivity index (χ2n) is 8.73. The topological polar surface area (TPSA) is 101 Å². The first kappa shape index (κ1) is 26.1. The van der Waals surface area contributed by atoms with Crippen LogP contribution in [0.1, 0.15) is 12.0 Å². The van der Waals surface area contributed by atoms with Crippen molar-refractivity contribution >= 4 is 34.6 Å². The summed E-state index contributed by atoms with van der Waals surface area (Å²) in [5.41, 5.74) is 3.07. The average molecular weight is 535 g/mol. The third kappa shape index (κ3) is 5.97. The fourth-order valence-corrected chi connectivity index (χ4v) is 4.11. The zero-order valence-corrected chi connectivity index (χ0v) is 21.2. The Balaban J connectivity index is 1.34. The molecule has 0 bridgehead atoms. The fraction of sp³-hybridized carbons (Fsp3) is 0.0968. The number of esters is 1. The van der Waals surface area contributed by atoms with Crippen LogP contribution in [-0.4, -0.2) is 34.8 Å². The van der Waals surface area contributed by atoms with Gasteiger partial charge in [0.2, 0.25) is 0 Å². The van der Waals surface area contributed by atoms with Gasteiger partial charge in [0.25, 0.3) is 5.91 Å². The average Bonchev–Trinajstić information content (AvgIpc) is 3.61. The van der Waals surface area contributed by atoms with Gasteiger partial charge in [-0.1, -0.05) is 36.4 Å². The van der Waals surface area contributed by atoms with E-state index in [1.807, 2.05) is 66.7 Å². The summed E-state index contributed by atoms with van der Waals surface area (Å²) in [5.74, 6) is -1.20. The number of hydrogen-bond donors (Lipinski definition) is 0. The Bertz CT molecular complexity index is 1680. The van der Waals surface area contributed by atoms with E-state index >= 15 is 0 Å². The van der Waals surface area contributed by atoms with E-state index in [4.69, 9.17) is 19.5 Å². The quantitative estimate of drug-likeness (QED) is 0.172. The van der Waals surface area contributed by atoms with Crippen molar-refractivity contribution in [3.8, 4) is 23.2 Å². The van der Waals surface area contributed by atoms with E-state index in [1.165, 1.54) is 35.2 Å². The Morgan fingerprint density at radius 3 is 2.55 bits per heavy atom. The molecule has 0 aliphatic carbocycles. The summed E-state index contributed by atoms with van der Waals surface area (Å²) in [7, 11) is 0. The summed E-state index contributed by atoms with van der Waals surface area (Å²) >= 11 is 0. The van der Waals surface area contributed by atoms with Crippen molar-refractivity contribution in [2.45, 2.75) is 6.42 Å². The molecule has 5 aromatic rings. The predicted molar refractivity (Wildman–Crippen MR) is 148 cm³/mol. The van der Waals surface area contributed by atoms with Crippen molar-refractivity contribution in [2.75, 3.05) is 18.1 Å². The number of benzene rings is 3. The van der Waals surface area contributed by atoms with Crippen LogP contribution in [0.5, 0.6) is 0 Å². The van der Waals surface area contributed by atoms with Crippen molar-refractivity contribution < 1.29 is 23.1 Å². The minimum Gasteiger partial charge on any atom is -0.454 e. The lowest BCUT2D eigenvalue weighted by atomic mass is 10.2. The molecule has 0 N–H and O–H groups in total. The third-order valence-electron chi connectivity index (χ3n) is 6.05. The standard InChI is InChI=1S/C31H23FN4O4/c32-24-12-14-25(15-13-24)35(18-6-17-33)29(37)21-39-30(38)16-11-23-20-36(26-8-2-1-3-9-26)34-31(23)28-19-22-7-4-5-10-27(22)40-28/h1-5,7-16,19-20H,6,18,21H2/b16-11+. The minimum atomic E-state index is -0.740. The Morgan fingerprint density at radius 1 is 1.05 bits per heavy atom. The first-order valence-electron chi connectivity index (χ1n) is 12.4. The molecule has 0 saturated heterocycles. The maximum Gasteiger partial charge on any atom is 0.331 e. The van der Waals surface area contributed by atoms with Crippen molar-refractivity contribution in [3.05, 3.63) is 109 Å². The lowest BCUT2D eigenvalue weighted by Crippen LogP contribution is -2.35. The van der Waals surface area contributed by atoms with Crippen molar-refractivity contribution in [1.82, 2.24) is 9.78 Å².